The number of fused-ring (bicyclic) bond motifs is 5. The molecule has 51 heavy (non-hydrogen) atoms. The zero-order valence-electron chi connectivity index (χ0n) is 27.6. The van der Waals surface area contributed by atoms with Crippen LogP contribution in [0, 0.1) is 0 Å². The third-order valence-electron chi connectivity index (χ3n) is 10.3. The van der Waals surface area contributed by atoms with E-state index in [2.05, 4.69) is 14.1 Å². The lowest BCUT2D eigenvalue weighted by Crippen LogP contribution is -3.00. The van der Waals surface area contributed by atoms with E-state index in [1.807, 2.05) is 22.9 Å². The van der Waals surface area contributed by atoms with Crippen molar-refractivity contribution in [2.45, 2.75) is 110 Å². The number of rotatable bonds is 8. The molecular formula is C31H46BrNO16S2. The molecule has 2 aromatic heterocycles. The van der Waals surface area contributed by atoms with Gasteiger partial charge in [0.15, 0.2) is 12.6 Å². The van der Waals surface area contributed by atoms with Gasteiger partial charge in [-0.15, -0.1) is 22.7 Å². The van der Waals surface area contributed by atoms with Gasteiger partial charge < -0.3 is 96.6 Å². The number of thiophene rings is 2. The number of morpholine rings is 1. The number of aliphatic hydroxyl groups is 9. The predicted molar refractivity (Wildman–Crippen MR) is 171 cm³/mol. The molecule has 15 atom stereocenters. The monoisotopic (exact) mass is 831 g/mol. The van der Waals surface area contributed by atoms with Crippen molar-refractivity contribution in [2.75, 3.05) is 27.3 Å². The van der Waals surface area contributed by atoms with Crippen molar-refractivity contribution >= 4 is 28.6 Å². The van der Waals surface area contributed by atoms with E-state index in [0.29, 0.717) is 34.0 Å². The van der Waals surface area contributed by atoms with Crippen LogP contribution in [0.25, 0.3) is 0 Å². The number of nitrogens with zero attached hydrogens (tertiary/aromatic N) is 1. The Labute approximate surface area is 311 Å². The Hall–Kier alpha value is -1.25. The molecule has 290 valence electrons. The molecule has 2 bridgehead atoms. The quantitative estimate of drug-likeness (QED) is 0.0680. The van der Waals surface area contributed by atoms with Gasteiger partial charge in [-0.2, -0.15) is 0 Å². The molecule has 5 fully saturated rings. The van der Waals surface area contributed by atoms with Gasteiger partial charge in [0.05, 0.1) is 37.1 Å². The first-order valence-electron chi connectivity index (χ1n) is 16.0. The number of hydrogen-bond acceptors (Lipinski definition) is 17. The minimum atomic E-state index is -1.74. The molecule has 7 rings (SSSR count). The standard InChI is InChI=1S/C19H22NO4S2.C12H22O11.BrH.H2O/c1-20(2)12-9-11(10-13(20)17-16(12)24-17)23-18(21)19(22,14-5-3-7-25-14)15-6-4-8-26-15;13-1-3-5(15)6(16)9(19)12(22-3)23-10-4(2-14)21-11(20)8(18)7(10)17;;/h3-8,11-13,16-17,22H,9-10H2,1-2H3;3-20H,1-2H2;1H;1H2/q+1;;;/p-1/t11?,12-,13+,16-,17+;3-,4-,5+,6+,7-,8-,9-,10-,11?,12+;;/m.1../s1. The molecule has 0 aromatic carbocycles. The van der Waals surface area contributed by atoms with Crippen LogP contribution in [0.2, 0.25) is 0 Å². The normalized spacial score (nSPS) is 40.8. The van der Waals surface area contributed by atoms with Crippen LogP contribution in [0.4, 0.5) is 0 Å². The highest BCUT2D eigenvalue weighted by Crippen LogP contribution is 2.52. The molecule has 20 heteroatoms. The number of hydrogen-bond donors (Lipinski definition) is 9. The SMILES string of the molecule is C[N+]1(C)[C@@H]2CC(OC(=O)C(O)(c3cccs3)c3cccs3)C[C@H]1[C@@H]1O[C@@H]12.O.OC[C@H]1O[C@@H](O[C@H]2[C@H](O)[C@@H](O)C(O)O[C@@H]2CO)[C@H](O)[C@@H](O)[C@H]1O.[Br-]. The van der Waals surface area contributed by atoms with E-state index in [0.717, 1.165) is 17.3 Å². The molecule has 5 aliphatic heterocycles. The molecule has 0 amide bonds. The molecule has 5 aliphatic rings. The topological polar surface area (TPSA) is 280 Å². The summed E-state index contributed by atoms with van der Waals surface area (Å²) in [5.41, 5.74) is -1.72. The van der Waals surface area contributed by atoms with Crippen molar-refractivity contribution in [1.82, 2.24) is 0 Å². The van der Waals surface area contributed by atoms with Gasteiger partial charge in [0.1, 0.15) is 79.2 Å². The van der Waals surface area contributed by atoms with E-state index in [-0.39, 0.29) is 28.6 Å². The van der Waals surface area contributed by atoms with Gasteiger partial charge in [0.2, 0.25) is 5.60 Å². The van der Waals surface area contributed by atoms with Crippen molar-refractivity contribution in [3.05, 3.63) is 44.8 Å². The van der Waals surface area contributed by atoms with Gasteiger partial charge >= 0.3 is 5.97 Å². The summed E-state index contributed by atoms with van der Waals surface area (Å²) in [4.78, 5) is 14.3. The summed E-state index contributed by atoms with van der Waals surface area (Å²) >= 11 is 2.74. The van der Waals surface area contributed by atoms with Gasteiger partial charge in [-0.3, -0.25) is 0 Å². The maximum Gasteiger partial charge on any atom is 0.349 e. The first-order valence-corrected chi connectivity index (χ1v) is 17.8. The Morgan fingerprint density at radius 3 is 1.86 bits per heavy atom. The van der Waals surface area contributed by atoms with Crippen molar-refractivity contribution in [2.24, 2.45) is 0 Å². The molecule has 2 aromatic rings. The molecule has 7 heterocycles. The lowest BCUT2D eigenvalue weighted by Gasteiger charge is -2.45. The van der Waals surface area contributed by atoms with Gasteiger partial charge in [0.25, 0.3) is 0 Å². The van der Waals surface area contributed by atoms with Crippen LogP contribution in [0.15, 0.2) is 35.0 Å². The molecule has 0 spiro atoms. The van der Waals surface area contributed by atoms with E-state index in [1.165, 1.54) is 22.7 Å². The highest BCUT2D eigenvalue weighted by atomic mass is 79.9. The van der Waals surface area contributed by atoms with E-state index < -0.39 is 86.2 Å². The van der Waals surface area contributed by atoms with E-state index in [1.54, 1.807) is 12.1 Å². The van der Waals surface area contributed by atoms with Crippen LogP contribution in [-0.4, -0.2) is 181 Å². The van der Waals surface area contributed by atoms with Crippen molar-refractivity contribution in [3.8, 4) is 0 Å². The van der Waals surface area contributed by atoms with E-state index >= 15 is 0 Å². The summed E-state index contributed by atoms with van der Waals surface area (Å²) in [6, 6.07) is 8.01. The summed E-state index contributed by atoms with van der Waals surface area (Å²) in [7, 11) is 4.49. The Morgan fingerprint density at radius 1 is 0.824 bits per heavy atom. The van der Waals surface area contributed by atoms with E-state index in [4.69, 9.17) is 28.8 Å². The fourth-order valence-electron chi connectivity index (χ4n) is 7.40. The number of ether oxygens (including phenoxy) is 5. The first-order chi connectivity index (χ1) is 23.2. The van der Waals surface area contributed by atoms with Crippen molar-refractivity contribution in [1.29, 1.82) is 0 Å². The predicted octanol–water partition coefficient (Wildman–Crippen LogP) is -6.87. The second-order valence-electron chi connectivity index (χ2n) is 13.5. The van der Waals surface area contributed by atoms with Gasteiger partial charge in [-0.25, -0.2) is 4.79 Å². The Morgan fingerprint density at radius 2 is 1.37 bits per heavy atom. The Kier molecular flexibility index (Phi) is 13.9. The lowest BCUT2D eigenvalue weighted by atomic mass is 9.95. The molecule has 0 aliphatic carbocycles. The van der Waals surface area contributed by atoms with Gasteiger partial charge in [-0.1, -0.05) is 12.1 Å². The Bertz CT molecular complexity index is 1350. The number of carbonyl (C=O) groups is 1. The number of esters is 1. The fraction of sp³-hybridized carbons (Fsp3) is 0.710. The van der Waals surface area contributed by atoms with Gasteiger partial charge in [-0.05, 0) is 22.9 Å². The van der Waals surface area contributed by atoms with Crippen molar-refractivity contribution in [3.63, 3.8) is 0 Å². The summed E-state index contributed by atoms with van der Waals surface area (Å²) in [6.45, 7) is -1.35. The average molecular weight is 833 g/mol. The zero-order valence-corrected chi connectivity index (χ0v) is 30.8. The number of carbonyl (C=O) groups excluding carboxylic acids is 1. The second-order valence-corrected chi connectivity index (χ2v) is 15.4. The lowest BCUT2D eigenvalue weighted by molar-refractivity contribution is -0.938. The third-order valence-corrected chi connectivity index (χ3v) is 12.3. The van der Waals surface area contributed by atoms with Crippen LogP contribution >= 0.6 is 22.7 Å². The van der Waals surface area contributed by atoms with Crippen LogP contribution < -0.4 is 17.0 Å². The van der Waals surface area contributed by atoms with E-state index in [9.17, 15) is 45.6 Å². The maximum atomic E-state index is 13.1. The van der Waals surface area contributed by atoms with Crippen LogP contribution in [0.5, 0.6) is 0 Å². The smallest absolute Gasteiger partial charge is 0.349 e. The summed E-state index contributed by atoms with van der Waals surface area (Å²) in [6.07, 6.45) is -13.5. The highest BCUT2D eigenvalue weighted by molar-refractivity contribution is 7.12. The number of likely N-dealkylation sites (N-methyl/N-ethyl adjacent to an activating group) is 1. The Balaban J connectivity index is 0.000000222. The summed E-state index contributed by atoms with van der Waals surface area (Å²) in [5, 5.41) is 91.6. The zero-order chi connectivity index (χ0) is 35.4. The average Bonchev–Trinajstić information content (AvgIpc) is 3.38. The van der Waals surface area contributed by atoms with Gasteiger partial charge in [0, 0.05) is 12.8 Å². The van der Waals surface area contributed by atoms with Crippen LogP contribution in [0.1, 0.15) is 22.6 Å². The van der Waals surface area contributed by atoms with Crippen molar-refractivity contribution < 1.29 is 101 Å². The maximum absolute atomic E-state index is 13.1. The summed E-state index contributed by atoms with van der Waals surface area (Å²) < 4.78 is 27.9. The molecule has 0 saturated carbocycles. The number of quaternary nitrogens is 1. The molecule has 2 unspecified atom stereocenters. The number of piperidine rings is 1. The third kappa shape index (κ3) is 7.82. The molecule has 0 radical (unpaired) electrons. The first kappa shape index (κ1) is 42.5. The minimum Gasteiger partial charge on any atom is -1.00 e. The molecule has 17 nitrogen and oxygen atoms in total. The number of aliphatic hydroxyl groups excluding tert-OH is 8. The van der Waals surface area contributed by atoms with Crippen LogP contribution in [0.3, 0.4) is 0 Å². The van der Waals surface area contributed by atoms with Crippen LogP contribution in [-0.2, 0) is 34.1 Å². The largest absolute Gasteiger partial charge is 1.00 e. The molecular weight excluding hydrogens is 786 g/mol. The summed E-state index contributed by atoms with van der Waals surface area (Å²) in [5.74, 6) is -0.561. The fourth-order valence-corrected chi connectivity index (χ4v) is 9.11. The minimum absolute atomic E-state index is 0. The highest BCUT2D eigenvalue weighted by Gasteiger charge is 2.71. The second kappa shape index (κ2) is 16.6. The number of halogens is 1. The number of epoxide rings is 1. The molecule has 5 saturated heterocycles. The molecule has 11 N–H and O–H groups in total.